The van der Waals surface area contributed by atoms with Gasteiger partial charge in [-0.05, 0) is 11.4 Å². The predicted octanol–water partition coefficient (Wildman–Crippen LogP) is 1.97. The van der Waals surface area contributed by atoms with Gasteiger partial charge in [0.1, 0.15) is 6.26 Å². The Morgan fingerprint density at radius 2 is 2.29 bits per heavy atom. The van der Waals surface area contributed by atoms with Gasteiger partial charge in [-0.2, -0.15) is 0 Å². The smallest absolute Gasteiger partial charge is 0.338 e. The van der Waals surface area contributed by atoms with E-state index in [1.807, 2.05) is 17.5 Å². The van der Waals surface area contributed by atoms with Gasteiger partial charge in [0.25, 0.3) is 5.91 Å². The molecule has 2 aromatic heterocycles. The van der Waals surface area contributed by atoms with Crippen LogP contribution in [0.15, 0.2) is 34.3 Å². The van der Waals surface area contributed by atoms with Gasteiger partial charge in [0.05, 0.1) is 12.1 Å². The van der Waals surface area contributed by atoms with E-state index in [4.69, 9.17) is 9.52 Å². The van der Waals surface area contributed by atoms with Crippen LogP contribution in [0.3, 0.4) is 0 Å². The van der Waals surface area contributed by atoms with Gasteiger partial charge in [0.2, 0.25) is 0 Å². The van der Waals surface area contributed by atoms with Crippen molar-refractivity contribution >= 4 is 23.2 Å². The second-order valence-corrected chi connectivity index (χ2v) is 4.30. The van der Waals surface area contributed by atoms with Crippen LogP contribution < -0.4 is 5.32 Å². The molecule has 2 N–H and O–H groups in total. The molecule has 17 heavy (non-hydrogen) atoms. The first-order chi connectivity index (χ1) is 8.16. The van der Waals surface area contributed by atoms with E-state index >= 15 is 0 Å². The second-order valence-electron chi connectivity index (χ2n) is 3.27. The molecule has 0 saturated heterocycles. The van der Waals surface area contributed by atoms with E-state index in [2.05, 4.69) is 5.32 Å². The lowest BCUT2D eigenvalue weighted by atomic mass is 10.3. The number of carboxylic acids is 1. The maximum Gasteiger partial charge on any atom is 0.338 e. The highest BCUT2D eigenvalue weighted by Gasteiger charge is 2.14. The molecule has 1 amide bonds. The molecule has 0 unspecified atom stereocenters. The summed E-state index contributed by atoms with van der Waals surface area (Å²) in [6, 6.07) is 4.99. The van der Waals surface area contributed by atoms with Gasteiger partial charge in [-0.15, -0.1) is 11.3 Å². The Hall–Kier alpha value is -2.08. The van der Waals surface area contributed by atoms with Crippen LogP contribution in [0.2, 0.25) is 0 Å². The molecule has 6 heteroatoms. The first-order valence-corrected chi connectivity index (χ1v) is 5.67. The molecule has 0 aliphatic rings. The molecular formula is C11H9NO4S. The molecule has 5 nitrogen and oxygen atoms in total. The Labute approximate surface area is 101 Å². The van der Waals surface area contributed by atoms with Crippen molar-refractivity contribution in [3.63, 3.8) is 0 Å². The minimum absolute atomic E-state index is 0.000967. The summed E-state index contributed by atoms with van der Waals surface area (Å²) in [4.78, 5) is 23.2. The van der Waals surface area contributed by atoms with Crippen molar-refractivity contribution in [3.05, 3.63) is 46.0 Å². The summed E-state index contributed by atoms with van der Waals surface area (Å²) in [6.45, 7) is 0.402. The van der Waals surface area contributed by atoms with E-state index in [1.165, 1.54) is 17.4 Å². The van der Waals surface area contributed by atoms with Gasteiger partial charge in [-0.3, -0.25) is 4.79 Å². The fourth-order valence-electron chi connectivity index (χ4n) is 1.24. The number of carbonyl (C=O) groups excluding carboxylic acids is 1. The number of carbonyl (C=O) groups is 2. The predicted molar refractivity (Wildman–Crippen MR) is 61.2 cm³/mol. The maximum atomic E-state index is 11.6. The summed E-state index contributed by atoms with van der Waals surface area (Å²) >= 11 is 1.53. The molecular weight excluding hydrogens is 242 g/mol. The average molecular weight is 251 g/mol. The standard InChI is InChI=1S/C11H9NO4S/c13-10(12-5-8-2-1-3-17-8)9-4-7(6-16-9)11(14)15/h1-4,6H,5H2,(H,12,13)(H,14,15). The monoisotopic (exact) mass is 251 g/mol. The Kier molecular flexibility index (Phi) is 3.24. The van der Waals surface area contributed by atoms with Crippen LogP contribution in [-0.4, -0.2) is 17.0 Å². The molecule has 0 spiro atoms. The number of hydrogen-bond donors (Lipinski definition) is 2. The molecule has 0 bridgehead atoms. The van der Waals surface area contributed by atoms with Gasteiger partial charge in [-0.25, -0.2) is 4.79 Å². The number of carboxylic acid groups (broad SMARTS) is 1. The zero-order valence-electron chi connectivity index (χ0n) is 8.67. The fourth-order valence-corrected chi connectivity index (χ4v) is 1.88. The zero-order chi connectivity index (χ0) is 12.3. The van der Waals surface area contributed by atoms with Gasteiger partial charge in [-0.1, -0.05) is 6.07 Å². The minimum Gasteiger partial charge on any atom is -0.478 e. The van der Waals surface area contributed by atoms with Crippen molar-refractivity contribution in [2.75, 3.05) is 0 Å². The Morgan fingerprint density at radius 3 is 2.88 bits per heavy atom. The molecule has 0 radical (unpaired) electrons. The highest BCUT2D eigenvalue weighted by Crippen LogP contribution is 2.10. The van der Waals surface area contributed by atoms with E-state index in [1.54, 1.807) is 0 Å². The third-order valence-electron chi connectivity index (χ3n) is 2.07. The van der Waals surface area contributed by atoms with Crippen LogP contribution in [0.5, 0.6) is 0 Å². The number of hydrogen-bond acceptors (Lipinski definition) is 4. The summed E-state index contributed by atoms with van der Waals surface area (Å²) in [5.41, 5.74) is -0.0359. The van der Waals surface area contributed by atoms with Gasteiger partial charge in [0, 0.05) is 10.9 Å². The van der Waals surface area contributed by atoms with Crippen molar-refractivity contribution in [2.24, 2.45) is 0 Å². The molecule has 0 fully saturated rings. The lowest BCUT2D eigenvalue weighted by Gasteiger charge is -1.99. The van der Waals surface area contributed by atoms with E-state index in [0.717, 1.165) is 11.1 Å². The molecule has 2 heterocycles. The Bertz CT molecular complexity index is 529. The van der Waals surface area contributed by atoms with Gasteiger partial charge < -0.3 is 14.8 Å². The maximum absolute atomic E-state index is 11.6. The summed E-state index contributed by atoms with van der Waals surface area (Å²) in [6.07, 6.45) is 1.04. The van der Waals surface area contributed by atoms with Crippen LogP contribution in [-0.2, 0) is 6.54 Å². The van der Waals surface area contributed by atoms with Crippen LogP contribution in [0, 0.1) is 0 Å². The third-order valence-corrected chi connectivity index (χ3v) is 2.95. The number of rotatable bonds is 4. The number of furan rings is 1. The van der Waals surface area contributed by atoms with Crippen molar-refractivity contribution in [2.45, 2.75) is 6.54 Å². The van der Waals surface area contributed by atoms with Gasteiger partial charge in [0.15, 0.2) is 5.76 Å². The van der Waals surface area contributed by atoms with Crippen LogP contribution in [0.4, 0.5) is 0 Å². The van der Waals surface area contributed by atoms with E-state index < -0.39 is 11.9 Å². The van der Waals surface area contributed by atoms with Crippen molar-refractivity contribution in [1.29, 1.82) is 0 Å². The molecule has 0 aliphatic heterocycles. The molecule has 2 aromatic rings. The summed E-state index contributed by atoms with van der Waals surface area (Å²) in [5, 5.41) is 13.2. The Balaban J connectivity index is 1.97. The van der Waals surface area contributed by atoms with Crippen LogP contribution in [0.1, 0.15) is 25.8 Å². The zero-order valence-corrected chi connectivity index (χ0v) is 9.49. The SMILES string of the molecule is O=C(O)c1coc(C(=O)NCc2cccs2)c1. The number of thiophene rings is 1. The lowest BCUT2D eigenvalue weighted by molar-refractivity contribution is 0.0696. The van der Waals surface area contributed by atoms with E-state index in [-0.39, 0.29) is 11.3 Å². The topological polar surface area (TPSA) is 79.5 Å². The fraction of sp³-hybridized carbons (Fsp3) is 0.0909. The van der Waals surface area contributed by atoms with Crippen molar-refractivity contribution in [3.8, 4) is 0 Å². The first kappa shape index (κ1) is 11.4. The highest BCUT2D eigenvalue weighted by atomic mass is 32.1. The minimum atomic E-state index is -1.12. The number of aromatic carboxylic acids is 1. The summed E-state index contributed by atoms with van der Waals surface area (Å²) in [7, 11) is 0. The lowest BCUT2D eigenvalue weighted by Crippen LogP contribution is -2.21. The van der Waals surface area contributed by atoms with E-state index in [0.29, 0.717) is 6.54 Å². The molecule has 88 valence electrons. The van der Waals surface area contributed by atoms with Crippen LogP contribution >= 0.6 is 11.3 Å². The second kappa shape index (κ2) is 4.84. The molecule has 2 rings (SSSR count). The molecule has 0 atom stereocenters. The van der Waals surface area contributed by atoms with E-state index in [9.17, 15) is 9.59 Å². The van der Waals surface area contributed by atoms with Crippen molar-refractivity contribution in [1.82, 2.24) is 5.32 Å². The third kappa shape index (κ3) is 2.73. The molecule has 0 aromatic carbocycles. The summed E-state index contributed by atoms with van der Waals surface area (Å²) in [5.74, 6) is -1.55. The van der Waals surface area contributed by atoms with Crippen molar-refractivity contribution < 1.29 is 19.1 Å². The van der Waals surface area contributed by atoms with Gasteiger partial charge >= 0.3 is 5.97 Å². The largest absolute Gasteiger partial charge is 0.478 e. The number of amides is 1. The van der Waals surface area contributed by atoms with Crippen LogP contribution in [0.25, 0.3) is 0 Å². The molecule has 0 aliphatic carbocycles. The normalized spacial score (nSPS) is 10.1. The average Bonchev–Trinajstić information content (AvgIpc) is 2.96. The highest BCUT2D eigenvalue weighted by molar-refractivity contribution is 7.09. The molecule has 0 saturated carbocycles. The number of nitrogens with one attached hydrogen (secondary N) is 1. The first-order valence-electron chi connectivity index (χ1n) is 4.79. The Morgan fingerprint density at radius 1 is 1.47 bits per heavy atom. The summed E-state index contributed by atoms with van der Waals surface area (Å²) < 4.78 is 4.87. The quantitative estimate of drug-likeness (QED) is 0.870.